The summed E-state index contributed by atoms with van der Waals surface area (Å²) in [5, 5.41) is 9.44. The summed E-state index contributed by atoms with van der Waals surface area (Å²) in [5.41, 5.74) is 2.75. The number of hydrogen-bond acceptors (Lipinski definition) is 2. The van der Waals surface area contributed by atoms with E-state index in [0.717, 1.165) is 12.2 Å². The van der Waals surface area contributed by atoms with E-state index in [-0.39, 0.29) is 17.9 Å². The van der Waals surface area contributed by atoms with Crippen molar-refractivity contribution >= 4 is 0 Å². The number of hydrogen-bond donors (Lipinski definition) is 1. The number of benzene rings is 1. The van der Waals surface area contributed by atoms with Crippen LogP contribution in [0.2, 0.25) is 0 Å². The maximum atomic E-state index is 9.44. The van der Waals surface area contributed by atoms with Crippen molar-refractivity contribution in [2.24, 2.45) is 5.41 Å². The summed E-state index contributed by atoms with van der Waals surface area (Å²) in [4.78, 5) is 0. The second-order valence-electron chi connectivity index (χ2n) is 4.97. The number of aliphatic hydroxyl groups is 1. The Kier molecular flexibility index (Phi) is 2.47. The molecule has 1 unspecified atom stereocenters. The Labute approximate surface area is 90.9 Å². The van der Waals surface area contributed by atoms with E-state index in [2.05, 4.69) is 26.0 Å². The van der Waals surface area contributed by atoms with Crippen LogP contribution in [-0.4, -0.2) is 18.8 Å². The van der Waals surface area contributed by atoms with Gasteiger partial charge in [-0.05, 0) is 35.1 Å². The summed E-state index contributed by atoms with van der Waals surface area (Å²) >= 11 is 0. The van der Waals surface area contributed by atoms with Crippen LogP contribution in [0.3, 0.4) is 0 Å². The minimum absolute atomic E-state index is 0.156. The average molecular weight is 206 g/mol. The summed E-state index contributed by atoms with van der Waals surface area (Å²) in [5.74, 6) is 1.17. The predicted octanol–water partition coefficient (Wildman–Crippen LogP) is 2.35. The van der Waals surface area contributed by atoms with Crippen LogP contribution in [0.1, 0.15) is 30.9 Å². The van der Waals surface area contributed by atoms with E-state index in [4.69, 9.17) is 4.74 Å². The van der Waals surface area contributed by atoms with Gasteiger partial charge in [0.1, 0.15) is 5.75 Å². The maximum Gasteiger partial charge on any atom is 0.119 e. The fourth-order valence-electron chi connectivity index (χ4n) is 2.58. The average Bonchev–Trinajstić information content (AvgIpc) is 2.45. The second-order valence-corrected chi connectivity index (χ2v) is 4.97. The van der Waals surface area contributed by atoms with E-state index in [1.54, 1.807) is 7.11 Å². The second kappa shape index (κ2) is 3.53. The van der Waals surface area contributed by atoms with Crippen molar-refractivity contribution in [3.8, 4) is 5.75 Å². The minimum atomic E-state index is 0.156. The third-order valence-electron chi connectivity index (χ3n) is 3.50. The van der Waals surface area contributed by atoms with E-state index in [1.165, 1.54) is 11.1 Å². The van der Waals surface area contributed by atoms with Crippen LogP contribution in [0.4, 0.5) is 0 Å². The summed E-state index contributed by atoms with van der Waals surface area (Å²) in [6, 6.07) is 6.15. The molecule has 0 saturated carbocycles. The van der Waals surface area contributed by atoms with Gasteiger partial charge in [-0.1, -0.05) is 19.9 Å². The molecule has 2 rings (SSSR count). The number of fused-ring (bicyclic) bond motifs is 1. The Morgan fingerprint density at radius 1 is 1.47 bits per heavy atom. The zero-order valence-corrected chi connectivity index (χ0v) is 9.58. The summed E-state index contributed by atoms with van der Waals surface area (Å²) < 4.78 is 5.21. The molecule has 0 amide bonds. The van der Waals surface area contributed by atoms with Gasteiger partial charge in [0.05, 0.1) is 13.7 Å². The van der Waals surface area contributed by atoms with E-state index >= 15 is 0 Å². The highest BCUT2D eigenvalue weighted by Crippen LogP contribution is 2.47. The first-order valence-electron chi connectivity index (χ1n) is 5.36. The molecule has 82 valence electrons. The van der Waals surface area contributed by atoms with E-state index in [0.29, 0.717) is 0 Å². The Hall–Kier alpha value is -1.02. The largest absolute Gasteiger partial charge is 0.497 e. The lowest BCUT2D eigenvalue weighted by Crippen LogP contribution is -2.20. The van der Waals surface area contributed by atoms with Crippen LogP contribution in [0.15, 0.2) is 18.2 Å². The molecule has 1 aliphatic rings. The molecule has 0 aromatic heterocycles. The van der Waals surface area contributed by atoms with Crippen LogP contribution in [-0.2, 0) is 6.42 Å². The third kappa shape index (κ3) is 1.63. The summed E-state index contributed by atoms with van der Waals surface area (Å²) in [6.07, 6.45) is 1.02. The molecule has 0 fully saturated rings. The lowest BCUT2D eigenvalue weighted by atomic mass is 9.80. The van der Waals surface area contributed by atoms with E-state index in [1.807, 2.05) is 6.07 Å². The standard InChI is InChI=1S/C13H18O2/c1-13(2)7-9-6-10(15-3)4-5-11(9)12(13)8-14/h4-6,12,14H,7-8H2,1-3H3. The van der Waals surface area contributed by atoms with Gasteiger partial charge in [0.25, 0.3) is 0 Å². The third-order valence-corrected chi connectivity index (χ3v) is 3.50. The molecule has 0 heterocycles. The van der Waals surface area contributed by atoms with Crippen LogP contribution < -0.4 is 4.74 Å². The van der Waals surface area contributed by atoms with Crippen LogP contribution in [0, 0.1) is 5.41 Å². The van der Waals surface area contributed by atoms with Gasteiger partial charge in [0, 0.05) is 5.92 Å². The van der Waals surface area contributed by atoms with E-state index < -0.39 is 0 Å². The fraction of sp³-hybridized carbons (Fsp3) is 0.538. The molecule has 1 atom stereocenters. The van der Waals surface area contributed by atoms with Gasteiger partial charge in [-0.2, -0.15) is 0 Å². The first-order chi connectivity index (χ1) is 7.08. The highest BCUT2D eigenvalue weighted by Gasteiger charge is 2.38. The Bertz CT molecular complexity index is 369. The molecular formula is C13H18O2. The number of ether oxygens (including phenoxy) is 1. The van der Waals surface area contributed by atoms with Gasteiger partial charge in [0.2, 0.25) is 0 Å². The zero-order valence-electron chi connectivity index (χ0n) is 9.58. The number of rotatable bonds is 2. The van der Waals surface area contributed by atoms with Gasteiger partial charge in [-0.15, -0.1) is 0 Å². The van der Waals surface area contributed by atoms with Gasteiger partial charge < -0.3 is 9.84 Å². The van der Waals surface area contributed by atoms with Gasteiger partial charge in [0.15, 0.2) is 0 Å². The first kappa shape index (κ1) is 10.5. The number of aliphatic hydroxyl groups excluding tert-OH is 1. The summed E-state index contributed by atoms with van der Waals surface area (Å²) in [7, 11) is 1.69. The van der Waals surface area contributed by atoms with Gasteiger partial charge >= 0.3 is 0 Å². The minimum Gasteiger partial charge on any atom is -0.497 e. The van der Waals surface area contributed by atoms with Crippen molar-refractivity contribution in [2.75, 3.05) is 13.7 Å². The fourth-order valence-corrected chi connectivity index (χ4v) is 2.58. The Balaban J connectivity index is 2.43. The molecule has 0 saturated heterocycles. The highest BCUT2D eigenvalue weighted by molar-refractivity contribution is 5.43. The normalized spacial score (nSPS) is 22.5. The molecule has 1 aliphatic carbocycles. The summed E-state index contributed by atoms with van der Waals surface area (Å²) in [6.45, 7) is 4.65. The maximum absolute atomic E-state index is 9.44. The molecule has 1 aromatic carbocycles. The number of methoxy groups -OCH3 is 1. The lowest BCUT2D eigenvalue weighted by molar-refractivity contribution is 0.187. The Morgan fingerprint density at radius 3 is 2.80 bits per heavy atom. The molecule has 0 aliphatic heterocycles. The molecule has 15 heavy (non-hydrogen) atoms. The van der Waals surface area contributed by atoms with Crippen molar-refractivity contribution < 1.29 is 9.84 Å². The van der Waals surface area contributed by atoms with Crippen molar-refractivity contribution in [3.63, 3.8) is 0 Å². The van der Waals surface area contributed by atoms with Gasteiger partial charge in [-0.25, -0.2) is 0 Å². The smallest absolute Gasteiger partial charge is 0.119 e. The topological polar surface area (TPSA) is 29.5 Å². The molecule has 1 N–H and O–H groups in total. The van der Waals surface area contributed by atoms with Gasteiger partial charge in [-0.3, -0.25) is 0 Å². The molecule has 0 radical (unpaired) electrons. The van der Waals surface area contributed by atoms with Crippen molar-refractivity contribution in [1.29, 1.82) is 0 Å². The molecule has 0 bridgehead atoms. The lowest BCUT2D eigenvalue weighted by Gasteiger charge is -2.25. The highest BCUT2D eigenvalue weighted by atomic mass is 16.5. The Morgan fingerprint density at radius 2 is 2.20 bits per heavy atom. The molecule has 0 spiro atoms. The molecular weight excluding hydrogens is 188 g/mol. The SMILES string of the molecule is COc1ccc2c(c1)CC(C)(C)C2CO. The van der Waals surface area contributed by atoms with Crippen molar-refractivity contribution in [1.82, 2.24) is 0 Å². The molecule has 2 heteroatoms. The molecule has 1 aromatic rings. The van der Waals surface area contributed by atoms with Crippen LogP contribution in [0.5, 0.6) is 5.75 Å². The zero-order chi connectivity index (χ0) is 11.1. The molecule has 2 nitrogen and oxygen atoms in total. The monoisotopic (exact) mass is 206 g/mol. The van der Waals surface area contributed by atoms with Crippen molar-refractivity contribution in [3.05, 3.63) is 29.3 Å². The predicted molar refractivity (Wildman–Crippen MR) is 60.3 cm³/mol. The van der Waals surface area contributed by atoms with E-state index in [9.17, 15) is 5.11 Å². The first-order valence-corrected chi connectivity index (χ1v) is 5.36. The van der Waals surface area contributed by atoms with Crippen LogP contribution in [0.25, 0.3) is 0 Å². The quantitative estimate of drug-likeness (QED) is 0.805. The van der Waals surface area contributed by atoms with Crippen LogP contribution >= 0.6 is 0 Å². The van der Waals surface area contributed by atoms with Crippen molar-refractivity contribution in [2.45, 2.75) is 26.2 Å².